The second-order valence-electron chi connectivity index (χ2n) is 3.53. The van der Waals surface area contributed by atoms with Gasteiger partial charge in [-0.3, -0.25) is 4.79 Å². The summed E-state index contributed by atoms with van der Waals surface area (Å²) in [7, 11) is 0. The number of rotatable bonds is 3. The fraction of sp³-hybridized carbons (Fsp3) is 0.875. The molecule has 4 nitrogen and oxygen atoms in total. The van der Waals surface area contributed by atoms with E-state index in [0.717, 1.165) is 32.5 Å². The van der Waals surface area contributed by atoms with E-state index in [2.05, 4.69) is 10.6 Å². The van der Waals surface area contributed by atoms with Gasteiger partial charge in [-0.05, 0) is 6.42 Å². The highest BCUT2D eigenvalue weighted by molar-refractivity contribution is 5.46. The van der Waals surface area contributed by atoms with E-state index in [4.69, 9.17) is 4.74 Å². The lowest BCUT2D eigenvalue weighted by Crippen LogP contribution is -2.45. The van der Waals surface area contributed by atoms with Gasteiger partial charge in [0.2, 0.25) is 6.41 Å². The van der Waals surface area contributed by atoms with Gasteiger partial charge in [-0.15, -0.1) is 0 Å². The van der Waals surface area contributed by atoms with E-state index in [1.54, 1.807) is 0 Å². The predicted molar refractivity (Wildman–Crippen MR) is 43.7 cm³/mol. The Bertz CT molecular complexity index is 174. The van der Waals surface area contributed by atoms with Crippen LogP contribution < -0.4 is 10.6 Å². The summed E-state index contributed by atoms with van der Waals surface area (Å²) < 4.78 is 5.68. The molecule has 0 aromatic carbocycles. The Labute approximate surface area is 71.7 Å². The largest absolute Gasteiger partial charge is 0.371 e. The molecular weight excluding hydrogens is 156 g/mol. The standard InChI is InChI=1S/C8H14N2O2/c11-6-10-5-8-4-9-3-7(8)1-2-12-8/h6-7,9H,1-5H2,(H,10,11). The number of amides is 1. The molecular formula is C8H14N2O2. The summed E-state index contributed by atoms with van der Waals surface area (Å²) >= 11 is 0. The van der Waals surface area contributed by atoms with Gasteiger partial charge < -0.3 is 15.4 Å². The molecule has 0 radical (unpaired) electrons. The first-order chi connectivity index (χ1) is 5.87. The number of carbonyl (C=O) groups is 1. The number of ether oxygens (including phenoxy) is 1. The molecule has 0 aromatic rings. The van der Waals surface area contributed by atoms with E-state index in [9.17, 15) is 4.79 Å². The number of nitrogens with one attached hydrogen (secondary N) is 2. The fourth-order valence-corrected chi connectivity index (χ4v) is 2.20. The highest BCUT2D eigenvalue weighted by atomic mass is 16.5. The average Bonchev–Trinajstić information content (AvgIpc) is 2.58. The lowest BCUT2D eigenvalue weighted by atomic mass is 9.91. The molecule has 0 spiro atoms. The van der Waals surface area contributed by atoms with E-state index in [-0.39, 0.29) is 5.60 Å². The zero-order chi connectivity index (χ0) is 8.44. The third kappa shape index (κ3) is 1.11. The van der Waals surface area contributed by atoms with Gasteiger partial charge in [0.15, 0.2) is 0 Å². The van der Waals surface area contributed by atoms with Crippen molar-refractivity contribution in [3.63, 3.8) is 0 Å². The summed E-state index contributed by atoms with van der Waals surface area (Å²) in [4.78, 5) is 10.2. The summed E-state index contributed by atoms with van der Waals surface area (Å²) in [6.45, 7) is 3.39. The SMILES string of the molecule is O=CNCC12CNCC1CCO2. The van der Waals surface area contributed by atoms with Crippen LogP contribution in [0.2, 0.25) is 0 Å². The summed E-state index contributed by atoms with van der Waals surface area (Å²) in [5.74, 6) is 0.588. The predicted octanol–water partition coefficient (Wildman–Crippen LogP) is -0.889. The highest BCUT2D eigenvalue weighted by Crippen LogP contribution is 2.34. The second kappa shape index (κ2) is 3.03. The van der Waals surface area contributed by atoms with Crippen molar-refractivity contribution < 1.29 is 9.53 Å². The smallest absolute Gasteiger partial charge is 0.207 e. The molecule has 2 unspecified atom stereocenters. The third-order valence-corrected chi connectivity index (χ3v) is 2.90. The molecule has 0 aromatic heterocycles. The minimum Gasteiger partial charge on any atom is -0.371 e. The van der Waals surface area contributed by atoms with Gasteiger partial charge in [-0.1, -0.05) is 0 Å². The number of hydrogen-bond donors (Lipinski definition) is 2. The number of carbonyl (C=O) groups excluding carboxylic acids is 1. The summed E-state index contributed by atoms with van der Waals surface area (Å²) in [6, 6.07) is 0. The molecule has 0 bridgehead atoms. The van der Waals surface area contributed by atoms with Gasteiger partial charge in [0.1, 0.15) is 5.60 Å². The van der Waals surface area contributed by atoms with E-state index in [1.165, 1.54) is 0 Å². The van der Waals surface area contributed by atoms with Crippen LogP contribution in [0.5, 0.6) is 0 Å². The van der Waals surface area contributed by atoms with Crippen LogP contribution in [0, 0.1) is 5.92 Å². The molecule has 2 heterocycles. The maximum atomic E-state index is 10.2. The van der Waals surface area contributed by atoms with Crippen molar-refractivity contribution in [1.82, 2.24) is 10.6 Å². The van der Waals surface area contributed by atoms with Crippen molar-refractivity contribution in [3.05, 3.63) is 0 Å². The van der Waals surface area contributed by atoms with Crippen LogP contribution >= 0.6 is 0 Å². The Hall–Kier alpha value is -0.610. The van der Waals surface area contributed by atoms with Crippen LogP contribution in [-0.2, 0) is 9.53 Å². The average molecular weight is 170 g/mol. The molecule has 2 rings (SSSR count). The second-order valence-corrected chi connectivity index (χ2v) is 3.53. The Morgan fingerprint density at radius 2 is 2.67 bits per heavy atom. The van der Waals surface area contributed by atoms with Crippen molar-refractivity contribution in [2.75, 3.05) is 26.2 Å². The van der Waals surface area contributed by atoms with Gasteiger partial charge in [0, 0.05) is 32.2 Å². The van der Waals surface area contributed by atoms with Crippen LogP contribution in [0.1, 0.15) is 6.42 Å². The molecule has 2 aliphatic heterocycles. The van der Waals surface area contributed by atoms with E-state index < -0.39 is 0 Å². The molecule has 0 aliphatic carbocycles. The van der Waals surface area contributed by atoms with Crippen LogP contribution in [0.3, 0.4) is 0 Å². The minimum atomic E-state index is -0.0963. The molecule has 2 atom stereocenters. The molecule has 2 aliphatic rings. The first-order valence-corrected chi connectivity index (χ1v) is 4.39. The molecule has 4 heteroatoms. The van der Waals surface area contributed by atoms with Gasteiger partial charge in [0.25, 0.3) is 0 Å². The van der Waals surface area contributed by atoms with Crippen LogP contribution in [0.4, 0.5) is 0 Å². The Balaban J connectivity index is 2.01. The highest BCUT2D eigenvalue weighted by Gasteiger charge is 2.47. The molecule has 2 fully saturated rings. The quantitative estimate of drug-likeness (QED) is 0.540. The zero-order valence-electron chi connectivity index (χ0n) is 7.01. The normalized spacial score (nSPS) is 39.5. The Morgan fingerprint density at radius 3 is 3.50 bits per heavy atom. The molecule has 0 saturated carbocycles. The van der Waals surface area contributed by atoms with E-state index >= 15 is 0 Å². The molecule has 68 valence electrons. The maximum Gasteiger partial charge on any atom is 0.207 e. The molecule has 2 N–H and O–H groups in total. The number of hydrogen-bond acceptors (Lipinski definition) is 3. The first kappa shape index (κ1) is 8.01. The first-order valence-electron chi connectivity index (χ1n) is 4.39. The maximum absolute atomic E-state index is 10.2. The summed E-state index contributed by atoms with van der Waals surface area (Å²) in [5, 5.41) is 6.00. The molecule has 12 heavy (non-hydrogen) atoms. The van der Waals surface area contributed by atoms with Crippen molar-refractivity contribution >= 4 is 6.41 Å². The Morgan fingerprint density at radius 1 is 1.75 bits per heavy atom. The summed E-state index contributed by atoms with van der Waals surface area (Å²) in [6.07, 6.45) is 1.86. The Kier molecular flexibility index (Phi) is 2.02. The van der Waals surface area contributed by atoms with Crippen LogP contribution in [0.25, 0.3) is 0 Å². The topological polar surface area (TPSA) is 50.4 Å². The van der Waals surface area contributed by atoms with Gasteiger partial charge in [0.05, 0.1) is 0 Å². The monoisotopic (exact) mass is 170 g/mol. The van der Waals surface area contributed by atoms with Gasteiger partial charge in [-0.2, -0.15) is 0 Å². The third-order valence-electron chi connectivity index (χ3n) is 2.90. The van der Waals surface area contributed by atoms with Crippen molar-refractivity contribution in [1.29, 1.82) is 0 Å². The lowest BCUT2D eigenvalue weighted by Gasteiger charge is -2.26. The van der Waals surface area contributed by atoms with Crippen molar-refractivity contribution in [2.24, 2.45) is 5.92 Å². The molecule has 2 saturated heterocycles. The van der Waals surface area contributed by atoms with Crippen LogP contribution in [-0.4, -0.2) is 38.3 Å². The number of fused-ring (bicyclic) bond motifs is 1. The summed E-state index contributed by atoms with van der Waals surface area (Å²) in [5.41, 5.74) is -0.0963. The van der Waals surface area contributed by atoms with Crippen molar-refractivity contribution in [2.45, 2.75) is 12.0 Å². The van der Waals surface area contributed by atoms with E-state index in [0.29, 0.717) is 12.5 Å². The fourth-order valence-electron chi connectivity index (χ4n) is 2.20. The van der Waals surface area contributed by atoms with Crippen LogP contribution in [0.15, 0.2) is 0 Å². The zero-order valence-corrected chi connectivity index (χ0v) is 7.01. The van der Waals surface area contributed by atoms with Crippen molar-refractivity contribution in [3.8, 4) is 0 Å². The minimum absolute atomic E-state index is 0.0963. The van der Waals surface area contributed by atoms with E-state index in [1.807, 2.05) is 0 Å². The lowest BCUT2D eigenvalue weighted by molar-refractivity contribution is -0.110. The molecule has 1 amide bonds. The van der Waals surface area contributed by atoms with Gasteiger partial charge in [-0.25, -0.2) is 0 Å². The van der Waals surface area contributed by atoms with Gasteiger partial charge >= 0.3 is 0 Å².